The van der Waals surface area contributed by atoms with Crippen LogP contribution in [-0.2, 0) is 4.79 Å². The van der Waals surface area contributed by atoms with Gasteiger partial charge in [0.05, 0.1) is 10.6 Å². The highest BCUT2D eigenvalue weighted by atomic mass is 35.5. The predicted molar refractivity (Wildman–Crippen MR) is 91.4 cm³/mol. The molecule has 3 rings (SSSR count). The zero-order chi connectivity index (χ0) is 15.7. The number of anilines is 1. The number of imide groups is 1. The first-order chi connectivity index (χ1) is 10.5. The lowest BCUT2D eigenvalue weighted by Gasteiger charge is -2.12. The quantitative estimate of drug-likeness (QED) is 0.696. The van der Waals surface area contributed by atoms with Crippen molar-refractivity contribution in [1.29, 1.82) is 0 Å². The normalized spacial score (nSPS) is 16.6. The van der Waals surface area contributed by atoms with Crippen LogP contribution in [0.2, 0.25) is 10.0 Å². The Morgan fingerprint density at radius 3 is 2.00 bits per heavy atom. The minimum absolute atomic E-state index is 0.326. The fourth-order valence-corrected chi connectivity index (χ4v) is 3.08. The summed E-state index contributed by atoms with van der Waals surface area (Å²) in [6, 6.07) is 13.6. The van der Waals surface area contributed by atoms with Crippen molar-refractivity contribution in [1.82, 2.24) is 0 Å². The molecule has 1 heterocycles. The van der Waals surface area contributed by atoms with Gasteiger partial charge in [0.2, 0.25) is 0 Å². The summed E-state index contributed by atoms with van der Waals surface area (Å²) in [5.41, 5.74) is 1.32. The van der Waals surface area contributed by atoms with Crippen LogP contribution in [0.25, 0.3) is 6.08 Å². The smallest absolute Gasteiger partial charge is 0.268 e. The molecule has 1 aliphatic heterocycles. The van der Waals surface area contributed by atoms with Gasteiger partial charge in [-0.1, -0.05) is 35.3 Å². The molecule has 0 radical (unpaired) electrons. The van der Waals surface area contributed by atoms with Crippen molar-refractivity contribution in [3.63, 3.8) is 0 Å². The molecule has 6 heteroatoms. The Morgan fingerprint density at radius 2 is 1.41 bits per heavy atom. The molecule has 1 fully saturated rings. The molecule has 0 N–H and O–H groups in total. The molecule has 0 aliphatic carbocycles. The van der Waals surface area contributed by atoms with Gasteiger partial charge in [-0.05, 0) is 59.8 Å². The molecule has 110 valence electrons. The summed E-state index contributed by atoms with van der Waals surface area (Å²) >= 11 is 12.6. The SMILES string of the molecule is O=C1S/C(=C\c2ccc(Cl)cc2)C(=O)N1c1ccc(Cl)cc1. The van der Waals surface area contributed by atoms with Gasteiger partial charge in [0.25, 0.3) is 11.1 Å². The van der Waals surface area contributed by atoms with Gasteiger partial charge in [0, 0.05) is 10.0 Å². The molecule has 0 bridgehead atoms. The van der Waals surface area contributed by atoms with Crippen molar-refractivity contribution in [2.75, 3.05) is 4.90 Å². The highest BCUT2D eigenvalue weighted by Crippen LogP contribution is 2.36. The number of carbonyl (C=O) groups is 2. The van der Waals surface area contributed by atoms with Crippen molar-refractivity contribution in [3.05, 3.63) is 69.0 Å². The maximum Gasteiger partial charge on any atom is 0.298 e. The Labute approximate surface area is 141 Å². The van der Waals surface area contributed by atoms with Crippen LogP contribution in [-0.4, -0.2) is 11.1 Å². The van der Waals surface area contributed by atoms with E-state index in [0.29, 0.717) is 20.6 Å². The topological polar surface area (TPSA) is 37.4 Å². The maximum atomic E-state index is 12.4. The highest BCUT2D eigenvalue weighted by molar-refractivity contribution is 8.19. The van der Waals surface area contributed by atoms with Crippen LogP contribution in [0, 0.1) is 0 Å². The van der Waals surface area contributed by atoms with Gasteiger partial charge in [-0.15, -0.1) is 0 Å². The van der Waals surface area contributed by atoms with E-state index in [1.54, 1.807) is 54.6 Å². The second-order valence-corrected chi connectivity index (χ2v) is 6.41. The first-order valence-corrected chi connectivity index (χ1v) is 7.91. The van der Waals surface area contributed by atoms with Crippen LogP contribution in [0.3, 0.4) is 0 Å². The summed E-state index contributed by atoms with van der Waals surface area (Å²) in [5.74, 6) is -0.340. The summed E-state index contributed by atoms with van der Waals surface area (Å²) in [6.45, 7) is 0. The molecular formula is C16H9Cl2NO2S. The molecule has 2 amide bonds. The lowest BCUT2D eigenvalue weighted by atomic mass is 10.2. The van der Waals surface area contributed by atoms with Crippen molar-refractivity contribution in [3.8, 4) is 0 Å². The lowest BCUT2D eigenvalue weighted by Crippen LogP contribution is -2.27. The van der Waals surface area contributed by atoms with E-state index in [1.165, 1.54) is 0 Å². The maximum absolute atomic E-state index is 12.4. The van der Waals surface area contributed by atoms with Crippen molar-refractivity contribution in [2.24, 2.45) is 0 Å². The lowest BCUT2D eigenvalue weighted by molar-refractivity contribution is -0.113. The van der Waals surface area contributed by atoms with Crippen LogP contribution >= 0.6 is 35.0 Å². The van der Waals surface area contributed by atoms with Gasteiger partial charge in [-0.3, -0.25) is 9.59 Å². The Hall–Kier alpha value is -1.75. The number of halogens is 2. The molecule has 2 aromatic carbocycles. The van der Waals surface area contributed by atoms with Crippen LogP contribution < -0.4 is 4.90 Å². The molecular weight excluding hydrogens is 341 g/mol. The first kappa shape index (κ1) is 15.2. The minimum Gasteiger partial charge on any atom is -0.268 e. The zero-order valence-electron chi connectivity index (χ0n) is 11.1. The number of thioether (sulfide) groups is 1. The van der Waals surface area contributed by atoms with Crippen LogP contribution in [0.1, 0.15) is 5.56 Å². The number of nitrogens with zero attached hydrogens (tertiary/aromatic N) is 1. The molecule has 22 heavy (non-hydrogen) atoms. The van der Waals surface area contributed by atoms with E-state index < -0.39 is 0 Å². The molecule has 2 aromatic rings. The molecule has 0 spiro atoms. The van der Waals surface area contributed by atoms with Crippen LogP contribution in [0.5, 0.6) is 0 Å². The summed E-state index contributed by atoms with van der Waals surface area (Å²) in [4.78, 5) is 26.0. The zero-order valence-corrected chi connectivity index (χ0v) is 13.5. The molecule has 0 saturated carbocycles. The molecule has 1 aliphatic rings. The second-order valence-electron chi connectivity index (χ2n) is 4.55. The van der Waals surface area contributed by atoms with Crippen LogP contribution in [0.15, 0.2) is 53.4 Å². The third-order valence-corrected chi connectivity index (χ3v) is 4.42. The summed E-state index contributed by atoms with van der Waals surface area (Å²) in [7, 11) is 0. The van der Waals surface area contributed by atoms with Gasteiger partial charge in [0.15, 0.2) is 0 Å². The number of hydrogen-bond donors (Lipinski definition) is 0. The van der Waals surface area contributed by atoms with Gasteiger partial charge in [-0.2, -0.15) is 0 Å². The molecule has 3 nitrogen and oxygen atoms in total. The van der Waals surface area contributed by atoms with Gasteiger partial charge >= 0.3 is 0 Å². The van der Waals surface area contributed by atoms with Gasteiger partial charge in [0.1, 0.15) is 0 Å². The van der Waals surface area contributed by atoms with E-state index in [4.69, 9.17) is 23.2 Å². The third-order valence-electron chi connectivity index (χ3n) is 3.05. The van der Waals surface area contributed by atoms with E-state index in [-0.39, 0.29) is 11.1 Å². The number of amides is 2. The summed E-state index contributed by atoms with van der Waals surface area (Å²) in [6.07, 6.45) is 1.68. The fraction of sp³-hybridized carbons (Fsp3) is 0. The van der Waals surface area contributed by atoms with Crippen LogP contribution in [0.4, 0.5) is 10.5 Å². The average Bonchev–Trinajstić information content (AvgIpc) is 2.77. The highest BCUT2D eigenvalue weighted by Gasteiger charge is 2.36. The molecule has 1 saturated heterocycles. The van der Waals surface area contributed by atoms with E-state index >= 15 is 0 Å². The van der Waals surface area contributed by atoms with Crippen molar-refractivity contribution >= 4 is 57.9 Å². The fourth-order valence-electron chi connectivity index (χ4n) is 1.99. The third kappa shape index (κ3) is 3.04. The van der Waals surface area contributed by atoms with Crippen molar-refractivity contribution in [2.45, 2.75) is 0 Å². The average molecular weight is 350 g/mol. The van der Waals surface area contributed by atoms with E-state index in [0.717, 1.165) is 22.2 Å². The predicted octanol–water partition coefficient (Wildman–Crippen LogP) is 5.23. The van der Waals surface area contributed by atoms with Gasteiger partial charge in [-0.25, -0.2) is 4.90 Å². The number of carbonyl (C=O) groups excluding carboxylic acids is 2. The molecule has 0 atom stereocenters. The minimum atomic E-state index is -0.340. The first-order valence-electron chi connectivity index (χ1n) is 6.34. The Kier molecular flexibility index (Phi) is 4.25. The Morgan fingerprint density at radius 1 is 0.864 bits per heavy atom. The van der Waals surface area contributed by atoms with Gasteiger partial charge < -0.3 is 0 Å². The molecule has 0 aromatic heterocycles. The molecule has 0 unspecified atom stereocenters. The summed E-state index contributed by atoms with van der Waals surface area (Å²) < 4.78 is 0. The largest absolute Gasteiger partial charge is 0.298 e. The Balaban J connectivity index is 1.91. The van der Waals surface area contributed by atoms with E-state index in [9.17, 15) is 9.59 Å². The Bertz CT molecular complexity index is 770. The number of benzene rings is 2. The second kappa shape index (κ2) is 6.16. The monoisotopic (exact) mass is 349 g/mol. The summed E-state index contributed by atoms with van der Waals surface area (Å²) in [5, 5.41) is 0.839. The van der Waals surface area contributed by atoms with E-state index in [2.05, 4.69) is 0 Å². The number of rotatable bonds is 2. The van der Waals surface area contributed by atoms with Crippen molar-refractivity contribution < 1.29 is 9.59 Å². The standard InChI is InChI=1S/C16H9Cl2NO2S/c17-11-3-1-10(2-4-11)9-14-15(20)19(16(21)22-14)13-7-5-12(18)6-8-13/h1-9H/b14-9-. The number of hydrogen-bond acceptors (Lipinski definition) is 3. The van der Waals surface area contributed by atoms with E-state index in [1.807, 2.05) is 0 Å².